The van der Waals surface area contributed by atoms with Gasteiger partial charge in [0.1, 0.15) is 0 Å². The van der Waals surface area contributed by atoms with Crippen LogP contribution in [0, 0.1) is 5.41 Å². The number of hydrogen-bond acceptors (Lipinski definition) is 3. The highest BCUT2D eigenvalue weighted by atomic mass is 16.3. The van der Waals surface area contributed by atoms with Gasteiger partial charge >= 0.3 is 0 Å². The van der Waals surface area contributed by atoms with Crippen LogP contribution in [0.3, 0.4) is 0 Å². The third-order valence-electron chi connectivity index (χ3n) is 7.13. The number of aromatic nitrogens is 1. The Bertz CT molecular complexity index is 1170. The smallest absolute Gasteiger partial charge is 0.155 e. The zero-order valence-electron chi connectivity index (χ0n) is 15.1. The van der Waals surface area contributed by atoms with Crippen molar-refractivity contribution in [2.24, 2.45) is 5.41 Å². The van der Waals surface area contributed by atoms with E-state index in [0.717, 1.165) is 27.7 Å². The molecule has 26 heavy (non-hydrogen) atoms. The maximum Gasteiger partial charge on any atom is 0.155 e. The Morgan fingerprint density at radius 1 is 1.15 bits per heavy atom. The van der Waals surface area contributed by atoms with Crippen LogP contribution in [0.1, 0.15) is 30.5 Å². The lowest BCUT2D eigenvalue weighted by Gasteiger charge is -2.45. The van der Waals surface area contributed by atoms with Crippen molar-refractivity contribution in [3.63, 3.8) is 0 Å². The van der Waals surface area contributed by atoms with Crippen molar-refractivity contribution < 1.29 is 5.11 Å². The Morgan fingerprint density at radius 3 is 2.85 bits per heavy atom. The van der Waals surface area contributed by atoms with Crippen LogP contribution in [0.5, 0.6) is 0 Å². The van der Waals surface area contributed by atoms with Crippen molar-refractivity contribution in [2.75, 3.05) is 0 Å². The van der Waals surface area contributed by atoms with Gasteiger partial charge in [0, 0.05) is 39.4 Å². The standard InChI is InChI=1S/C22H19BN2O/c1-20-9-4-3-6-12(20)10-14-19-18-15(21(20,2)25-19)11-24-16-8-5-7-13(17(16)18)22(14,23)26/h3-11,25-26H,23H2,1-2H3. The predicted octanol–water partition coefficient (Wildman–Crippen LogP) is 2.63. The van der Waals surface area contributed by atoms with E-state index >= 15 is 0 Å². The zero-order chi connectivity index (χ0) is 17.9. The third-order valence-corrected chi connectivity index (χ3v) is 7.13. The zero-order valence-corrected chi connectivity index (χ0v) is 15.1. The van der Waals surface area contributed by atoms with Gasteiger partial charge in [-0.05, 0) is 31.1 Å². The van der Waals surface area contributed by atoms with E-state index in [0.29, 0.717) is 0 Å². The summed E-state index contributed by atoms with van der Waals surface area (Å²) in [5.74, 6) is 0. The number of fused-ring (bicyclic) bond motifs is 4. The topological polar surface area (TPSA) is 45.1 Å². The van der Waals surface area contributed by atoms with Gasteiger partial charge in [0.2, 0.25) is 0 Å². The van der Waals surface area contributed by atoms with Gasteiger partial charge < -0.3 is 10.4 Å². The van der Waals surface area contributed by atoms with Gasteiger partial charge in [-0.15, -0.1) is 0 Å². The van der Waals surface area contributed by atoms with Crippen LogP contribution in [-0.4, -0.2) is 17.9 Å². The largest absolute Gasteiger partial charge is 0.390 e. The number of hydrogen-bond donors (Lipinski definition) is 2. The minimum absolute atomic E-state index is 0.224. The lowest BCUT2D eigenvalue weighted by molar-refractivity contribution is 0.172. The quantitative estimate of drug-likeness (QED) is 0.726. The van der Waals surface area contributed by atoms with Crippen LogP contribution in [0.25, 0.3) is 16.6 Å². The van der Waals surface area contributed by atoms with Crippen LogP contribution in [0.15, 0.2) is 65.9 Å². The molecule has 0 amide bonds. The van der Waals surface area contributed by atoms with Crippen LogP contribution in [0.4, 0.5) is 0 Å². The van der Waals surface area contributed by atoms with Crippen molar-refractivity contribution in [1.82, 2.24) is 10.3 Å². The van der Waals surface area contributed by atoms with E-state index in [1.807, 2.05) is 32.2 Å². The fourth-order valence-corrected chi connectivity index (χ4v) is 5.37. The molecule has 2 aromatic rings. The summed E-state index contributed by atoms with van der Waals surface area (Å²) >= 11 is 0. The molecule has 2 aliphatic heterocycles. The van der Waals surface area contributed by atoms with Gasteiger partial charge in [-0.1, -0.05) is 42.5 Å². The number of pyridine rings is 1. The summed E-state index contributed by atoms with van der Waals surface area (Å²) in [5.41, 5.74) is 5.94. The van der Waals surface area contributed by atoms with Crippen LogP contribution < -0.4 is 5.32 Å². The minimum atomic E-state index is -1.06. The summed E-state index contributed by atoms with van der Waals surface area (Å²) in [7, 11) is 1.90. The van der Waals surface area contributed by atoms with Crippen LogP contribution in [-0.2, 0) is 11.0 Å². The van der Waals surface area contributed by atoms with E-state index in [1.165, 1.54) is 16.7 Å². The number of allylic oxidation sites excluding steroid dienone is 3. The monoisotopic (exact) mass is 338 g/mol. The average molecular weight is 338 g/mol. The second-order valence-corrected chi connectivity index (χ2v) is 8.38. The minimum Gasteiger partial charge on any atom is -0.390 e. The molecule has 3 unspecified atom stereocenters. The molecule has 6 rings (SSSR count). The van der Waals surface area contributed by atoms with Gasteiger partial charge in [0.05, 0.1) is 16.6 Å². The molecule has 1 aromatic carbocycles. The molecule has 0 spiro atoms. The molecule has 0 fully saturated rings. The van der Waals surface area contributed by atoms with Gasteiger partial charge in [-0.2, -0.15) is 0 Å². The number of benzene rings is 1. The molecule has 3 atom stereocenters. The van der Waals surface area contributed by atoms with Crippen molar-refractivity contribution >= 4 is 24.4 Å². The van der Waals surface area contributed by atoms with Gasteiger partial charge in [0.25, 0.3) is 0 Å². The second-order valence-electron chi connectivity index (χ2n) is 8.38. The van der Waals surface area contributed by atoms with Crippen molar-refractivity contribution in [2.45, 2.75) is 24.9 Å². The molecule has 0 saturated carbocycles. The van der Waals surface area contributed by atoms with Crippen molar-refractivity contribution in [3.05, 3.63) is 82.6 Å². The summed E-state index contributed by atoms with van der Waals surface area (Å²) in [4.78, 5) is 4.77. The Kier molecular flexibility index (Phi) is 2.27. The lowest BCUT2D eigenvalue weighted by Crippen LogP contribution is -2.48. The fourth-order valence-electron chi connectivity index (χ4n) is 5.37. The van der Waals surface area contributed by atoms with Crippen LogP contribution >= 0.6 is 0 Å². The first kappa shape index (κ1) is 14.6. The Labute approximate surface area is 153 Å². The first-order valence-corrected chi connectivity index (χ1v) is 9.14. The molecule has 126 valence electrons. The average Bonchev–Trinajstić information content (AvgIpc) is 2.88. The summed E-state index contributed by atoms with van der Waals surface area (Å²) in [5, 5.41) is 16.5. The maximum absolute atomic E-state index is 11.6. The van der Waals surface area contributed by atoms with E-state index in [2.05, 4.69) is 49.5 Å². The third kappa shape index (κ3) is 1.31. The van der Waals surface area contributed by atoms with E-state index in [9.17, 15) is 5.11 Å². The molecule has 4 aliphatic rings. The Morgan fingerprint density at radius 2 is 2.00 bits per heavy atom. The molecular formula is C22H19BN2O. The molecule has 0 saturated heterocycles. The summed E-state index contributed by atoms with van der Waals surface area (Å²) in [6.07, 6.45) is 12.9. The molecule has 4 heteroatoms. The van der Waals surface area contributed by atoms with Gasteiger partial charge in [-0.25, -0.2) is 0 Å². The Hall–Kier alpha value is -2.59. The highest BCUT2D eigenvalue weighted by Gasteiger charge is 2.56. The number of nitrogens with zero attached hydrogens (tertiary/aromatic N) is 1. The molecule has 2 N–H and O–H groups in total. The molecule has 3 heterocycles. The van der Waals surface area contributed by atoms with Crippen LogP contribution in [0.2, 0.25) is 0 Å². The molecule has 1 aromatic heterocycles. The first-order valence-electron chi connectivity index (χ1n) is 9.14. The molecular weight excluding hydrogens is 319 g/mol. The normalized spacial score (nSPS) is 35.4. The highest BCUT2D eigenvalue weighted by Crippen LogP contribution is 2.60. The van der Waals surface area contributed by atoms with E-state index in [1.54, 1.807) is 0 Å². The number of aliphatic hydroxyl groups is 1. The molecule has 2 bridgehead atoms. The van der Waals surface area contributed by atoms with Gasteiger partial charge in [-0.3, -0.25) is 4.98 Å². The summed E-state index contributed by atoms with van der Waals surface area (Å²) in [6.45, 7) is 4.53. The summed E-state index contributed by atoms with van der Waals surface area (Å²) in [6, 6.07) is 6.06. The van der Waals surface area contributed by atoms with Crippen molar-refractivity contribution in [1.29, 1.82) is 0 Å². The predicted molar refractivity (Wildman–Crippen MR) is 106 cm³/mol. The van der Waals surface area contributed by atoms with E-state index in [4.69, 9.17) is 4.98 Å². The molecule has 2 aliphatic carbocycles. The molecule has 0 radical (unpaired) electrons. The SMILES string of the molecule is BC1(O)C2=C3NC(C)(c4cnc5cccc1c5c43)C1(C)C=CC=CC1=C2. The lowest BCUT2D eigenvalue weighted by atomic mass is 9.59. The fraction of sp³-hybridized carbons (Fsp3) is 0.227. The van der Waals surface area contributed by atoms with Crippen molar-refractivity contribution in [3.8, 4) is 0 Å². The maximum atomic E-state index is 11.6. The second kappa shape index (κ2) is 4.04. The Balaban J connectivity index is 1.88. The van der Waals surface area contributed by atoms with Gasteiger partial charge in [0.15, 0.2) is 7.85 Å². The van der Waals surface area contributed by atoms with E-state index < -0.39 is 5.50 Å². The number of nitrogens with one attached hydrogen (secondary N) is 1. The molecule has 3 nitrogen and oxygen atoms in total. The summed E-state index contributed by atoms with van der Waals surface area (Å²) < 4.78 is 0. The first-order chi connectivity index (χ1) is 12.4. The highest BCUT2D eigenvalue weighted by molar-refractivity contribution is 6.22. The van der Waals surface area contributed by atoms with E-state index in [-0.39, 0.29) is 11.0 Å². The number of rotatable bonds is 0.